The third-order valence-electron chi connectivity index (χ3n) is 3.79. The summed E-state index contributed by atoms with van der Waals surface area (Å²) in [5.74, 6) is 4.56. The van der Waals surface area contributed by atoms with Crippen LogP contribution in [0, 0.1) is 11.7 Å². The van der Waals surface area contributed by atoms with Crippen LogP contribution in [0.5, 0.6) is 0 Å². The minimum atomic E-state index is -0.479. The van der Waals surface area contributed by atoms with Gasteiger partial charge < -0.3 is 4.90 Å². The van der Waals surface area contributed by atoms with Crippen molar-refractivity contribution in [1.29, 1.82) is 0 Å². The maximum absolute atomic E-state index is 13.9. The maximum Gasteiger partial charge on any atom is 0.265 e. The molecule has 5 nitrogen and oxygen atoms in total. The van der Waals surface area contributed by atoms with Gasteiger partial charge in [0, 0.05) is 30.6 Å². The van der Waals surface area contributed by atoms with Gasteiger partial charge in [-0.05, 0) is 30.5 Å². The third kappa shape index (κ3) is 3.58. The predicted octanol–water partition coefficient (Wildman–Crippen LogP) is 1.58. The van der Waals surface area contributed by atoms with Crippen molar-refractivity contribution in [3.8, 4) is 0 Å². The monoisotopic (exact) mass is 293 g/mol. The first-order chi connectivity index (χ1) is 10.0. The summed E-state index contributed by atoms with van der Waals surface area (Å²) in [6.45, 7) is 2.93. The number of benzene rings is 1. The highest BCUT2D eigenvalue weighted by atomic mass is 19.1. The van der Waals surface area contributed by atoms with Crippen LogP contribution < -0.4 is 11.3 Å². The van der Waals surface area contributed by atoms with Gasteiger partial charge >= 0.3 is 0 Å². The van der Waals surface area contributed by atoms with Gasteiger partial charge in [-0.25, -0.2) is 10.2 Å². The fourth-order valence-electron chi connectivity index (χ4n) is 2.73. The minimum Gasteiger partial charge on any atom is -0.338 e. The molecule has 1 aromatic carbocycles. The van der Waals surface area contributed by atoms with Gasteiger partial charge in [0.15, 0.2) is 0 Å². The zero-order chi connectivity index (χ0) is 15.4. The van der Waals surface area contributed by atoms with Gasteiger partial charge in [-0.1, -0.05) is 13.3 Å². The van der Waals surface area contributed by atoms with Crippen molar-refractivity contribution < 1.29 is 14.0 Å². The molecule has 21 heavy (non-hydrogen) atoms. The van der Waals surface area contributed by atoms with Gasteiger partial charge in [-0.3, -0.25) is 15.0 Å². The highest BCUT2D eigenvalue weighted by molar-refractivity contribution is 5.93. The van der Waals surface area contributed by atoms with Crippen molar-refractivity contribution >= 4 is 11.8 Å². The number of nitrogen functional groups attached to an aromatic ring is 1. The highest BCUT2D eigenvalue weighted by Gasteiger charge is 2.29. The van der Waals surface area contributed by atoms with Crippen LogP contribution in [0.15, 0.2) is 18.2 Å². The molecule has 1 aliphatic heterocycles. The Morgan fingerprint density at radius 2 is 2.29 bits per heavy atom. The molecule has 0 radical (unpaired) electrons. The standard InChI is InChI=1S/C15H20FN3O2/c1-2-3-10-6-14(20)19(8-10)9-12-7-11(15(21)18-17)4-5-13(12)16/h4-5,7,10H,2-3,6,8-9,17H2,1H3,(H,18,21). The molecule has 1 atom stereocenters. The summed E-state index contributed by atoms with van der Waals surface area (Å²) in [4.78, 5) is 25.1. The second kappa shape index (κ2) is 6.67. The number of amides is 2. The Morgan fingerprint density at radius 3 is 2.95 bits per heavy atom. The Balaban J connectivity index is 2.12. The Labute approximate surface area is 123 Å². The predicted molar refractivity (Wildman–Crippen MR) is 76.5 cm³/mol. The number of likely N-dealkylation sites (tertiary alicyclic amines) is 1. The zero-order valence-electron chi connectivity index (χ0n) is 12.1. The second-order valence-corrected chi connectivity index (χ2v) is 5.41. The highest BCUT2D eigenvalue weighted by Crippen LogP contribution is 2.24. The number of hydrazine groups is 1. The summed E-state index contributed by atoms with van der Waals surface area (Å²) < 4.78 is 13.9. The van der Waals surface area contributed by atoms with Crippen LogP contribution in [0.25, 0.3) is 0 Å². The fourth-order valence-corrected chi connectivity index (χ4v) is 2.73. The molecule has 114 valence electrons. The van der Waals surface area contributed by atoms with E-state index in [0.717, 1.165) is 12.8 Å². The van der Waals surface area contributed by atoms with Crippen LogP contribution >= 0.6 is 0 Å². The molecule has 2 amide bonds. The van der Waals surface area contributed by atoms with E-state index in [0.29, 0.717) is 24.4 Å². The average molecular weight is 293 g/mol. The summed E-state index contributed by atoms with van der Waals surface area (Å²) in [7, 11) is 0. The number of carbonyl (C=O) groups is 2. The van der Waals surface area contributed by atoms with Crippen LogP contribution in [-0.4, -0.2) is 23.3 Å². The lowest BCUT2D eigenvalue weighted by Gasteiger charge is -2.17. The number of halogens is 1. The van der Waals surface area contributed by atoms with E-state index in [9.17, 15) is 14.0 Å². The van der Waals surface area contributed by atoms with Crippen LogP contribution in [0.4, 0.5) is 4.39 Å². The number of hydrogen-bond acceptors (Lipinski definition) is 3. The zero-order valence-corrected chi connectivity index (χ0v) is 12.1. The number of nitrogens with two attached hydrogens (primary N) is 1. The van der Waals surface area contributed by atoms with Gasteiger partial charge in [-0.2, -0.15) is 0 Å². The van der Waals surface area contributed by atoms with Gasteiger partial charge in [0.05, 0.1) is 0 Å². The molecule has 0 saturated carbocycles. The van der Waals surface area contributed by atoms with E-state index in [-0.39, 0.29) is 18.0 Å². The topological polar surface area (TPSA) is 75.4 Å². The largest absolute Gasteiger partial charge is 0.338 e. The van der Waals surface area contributed by atoms with Gasteiger partial charge in [0.1, 0.15) is 5.82 Å². The van der Waals surface area contributed by atoms with Crippen molar-refractivity contribution in [2.45, 2.75) is 32.7 Å². The smallest absolute Gasteiger partial charge is 0.265 e. The number of nitrogens with one attached hydrogen (secondary N) is 1. The molecule has 2 rings (SSSR count). The Kier molecular flexibility index (Phi) is 4.90. The van der Waals surface area contributed by atoms with Crippen molar-refractivity contribution in [1.82, 2.24) is 10.3 Å². The van der Waals surface area contributed by atoms with Crippen molar-refractivity contribution in [2.75, 3.05) is 6.54 Å². The first-order valence-corrected chi connectivity index (χ1v) is 7.12. The van der Waals surface area contributed by atoms with Gasteiger partial charge in [0.25, 0.3) is 5.91 Å². The Hall–Kier alpha value is -1.95. The molecular weight excluding hydrogens is 273 g/mol. The fraction of sp³-hybridized carbons (Fsp3) is 0.467. The van der Waals surface area contributed by atoms with E-state index in [1.807, 2.05) is 5.43 Å². The number of carbonyl (C=O) groups excluding carboxylic acids is 2. The van der Waals surface area contributed by atoms with Crippen LogP contribution in [0.1, 0.15) is 42.1 Å². The van der Waals surface area contributed by atoms with Crippen molar-refractivity contribution in [3.63, 3.8) is 0 Å². The summed E-state index contributed by atoms with van der Waals surface area (Å²) in [5.41, 5.74) is 2.63. The first kappa shape index (κ1) is 15.4. The molecule has 1 heterocycles. The molecule has 1 aromatic rings. The lowest BCUT2D eigenvalue weighted by atomic mass is 10.0. The molecule has 3 N–H and O–H groups in total. The molecular formula is C15H20FN3O2. The molecule has 0 bridgehead atoms. The Bertz CT molecular complexity index is 548. The number of nitrogens with zero attached hydrogens (tertiary/aromatic N) is 1. The minimum absolute atomic E-state index is 0.0431. The number of hydrogen-bond donors (Lipinski definition) is 2. The lowest BCUT2D eigenvalue weighted by molar-refractivity contribution is -0.128. The Morgan fingerprint density at radius 1 is 1.52 bits per heavy atom. The van der Waals surface area contributed by atoms with Gasteiger partial charge in [0.2, 0.25) is 5.91 Å². The molecule has 1 saturated heterocycles. The van der Waals surface area contributed by atoms with E-state index >= 15 is 0 Å². The quantitative estimate of drug-likeness (QED) is 0.491. The number of rotatable bonds is 5. The molecule has 6 heteroatoms. The molecule has 0 aliphatic carbocycles. The average Bonchev–Trinajstić information content (AvgIpc) is 2.81. The molecule has 1 unspecified atom stereocenters. The summed E-state index contributed by atoms with van der Waals surface area (Å²) in [6, 6.07) is 4.04. The lowest BCUT2D eigenvalue weighted by Crippen LogP contribution is -2.30. The van der Waals surface area contributed by atoms with E-state index in [4.69, 9.17) is 5.84 Å². The summed E-state index contributed by atoms with van der Waals surface area (Å²) in [6.07, 6.45) is 2.56. The SMILES string of the molecule is CCCC1CC(=O)N(Cc2cc(C(=O)NN)ccc2F)C1. The van der Waals surface area contributed by atoms with E-state index < -0.39 is 11.7 Å². The van der Waals surface area contributed by atoms with E-state index in [1.165, 1.54) is 18.2 Å². The van der Waals surface area contributed by atoms with Crippen LogP contribution in [0.2, 0.25) is 0 Å². The van der Waals surface area contributed by atoms with Crippen LogP contribution in [0.3, 0.4) is 0 Å². The second-order valence-electron chi connectivity index (χ2n) is 5.41. The summed E-state index contributed by atoms with van der Waals surface area (Å²) in [5, 5.41) is 0. The molecule has 1 fully saturated rings. The molecule has 1 aliphatic rings. The van der Waals surface area contributed by atoms with E-state index in [1.54, 1.807) is 4.90 Å². The van der Waals surface area contributed by atoms with Crippen molar-refractivity contribution in [3.05, 3.63) is 35.1 Å². The third-order valence-corrected chi connectivity index (χ3v) is 3.79. The van der Waals surface area contributed by atoms with E-state index in [2.05, 4.69) is 6.92 Å². The molecule has 0 aromatic heterocycles. The van der Waals surface area contributed by atoms with Crippen LogP contribution in [-0.2, 0) is 11.3 Å². The normalized spacial score (nSPS) is 18.1. The molecule has 0 spiro atoms. The summed E-state index contributed by atoms with van der Waals surface area (Å²) >= 11 is 0. The maximum atomic E-state index is 13.9. The van der Waals surface area contributed by atoms with Gasteiger partial charge in [-0.15, -0.1) is 0 Å². The first-order valence-electron chi connectivity index (χ1n) is 7.12. The van der Waals surface area contributed by atoms with Crippen molar-refractivity contribution in [2.24, 2.45) is 11.8 Å².